The highest BCUT2D eigenvalue weighted by Crippen LogP contribution is 2.77. The van der Waals surface area contributed by atoms with Gasteiger partial charge in [0, 0.05) is 16.1 Å². The van der Waals surface area contributed by atoms with Crippen molar-refractivity contribution in [3.8, 4) is 11.5 Å². The van der Waals surface area contributed by atoms with Gasteiger partial charge in [-0.1, -0.05) is 35.9 Å². The van der Waals surface area contributed by atoms with Gasteiger partial charge < -0.3 is 24.2 Å². The maximum absolute atomic E-state index is 13.9. The summed E-state index contributed by atoms with van der Waals surface area (Å²) in [6.07, 6.45) is 4.51. The van der Waals surface area contributed by atoms with E-state index < -0.39 is 5.60 Å². The van der Waals surface area contributed by atoms with Crippen LogP contribution in [0.5, 0.6) is 11.5 Å². The fourth-order valence-corrected chi connectivity index (χ4v) is 8.12. The van der Waals surface area contributed by atoms with Crippen molar-refractivity contribution in [2.45, 2.75) is 82.3 Å². The molecular formula is C34H36ClNO5. The summed E-state index contributed by atoms with van der Waals surface area (Å²) in [6.45, 7) is 5.90. The summed E-state index contributed by atoms with van der Waals surface area (Å²) in [7, 11) is 1.62. The van der Waals surface area contributed by atoms with E-state index in [1.807, 2.05) is 86.3 Å². The van der Waals surface area contributed by atoms with Gasteiger partial charge in [-0.2, -0.15) is 0 Å². The lowest BCUT2D eigenvalue weighted by Gasteiger charge is -2.55. The number of carbonyl (C=O) groups excluding carboxylic acids is 1. The van der Waals surface area contributed by atoms with E-state index in [2.05, 4.69) is 0 Å². The van der Waals surface area contributed by atoms with Crippen molar-refractivity contribution in [1.29, 1.82) is 0 Å². The van der Waals surface area contributed by atoms with Gasteiger partial charge in [0.2, 0.25) is 5.91 Å². The monoisotopic (exact) mass is 573 g/mol. The Morgan fingerprint density at radius 2 is 1.78 bits per heavy atom. The number of hydrogen-bond donors (Lipinski definition) is 1. The number of methoxy groups -OCH3 is 1. The van der Waals surface area contributed by atoms with Gasteiger partial charge >= 0.3 is 0 Å². The van der Waals surface area contributed by atoms with E-state index in [0.717, 1.165) is 53.6 Å². The Labute approximate surface area is 246 Å². The number of halogens is 1. The summed E-state index contributed by atoms with van der Waals surface area (Å²) < 4.78 is 17.9. The summed E-state index contributed by atoms with van der Waals surface area (Å²) in [6, 6.07) is 19.1. The van der Waals surface area contributed by atoms with Gasteiger partial charge in [-0.25, -0.2) is 0 Å². The zero-order valence-electron chi connectivity index (χ0n) is 23.9. The molecule has 7 rings (SSSR count). The lowest BCUT2D eigenvalue weighted by Crippen LogP contribution is -2.58. The molecule has 3 unspecified atom stereocenters. The molecule has 2 saturated carbocycles. The number of rotatable bonds is 7. The summed E-state index contributed by atoms with van der Waals surface area (Å²) in [5.74, 6) is 1.24. The zero-order valence-corrected chi connectivity index (χ0v) is 24.7. The Balaban J connectivity index is 1.30. The Morgan fingerprint density at radius 1 is 1.05 bits per heavy atom. The van der Waals surface area contributed by atoms with Crippen LogP contribution in [0.3, 0.4) is 0 Å². The van der Waals surface area contributed by atoms with Crippen molar-refractivity contribution >= 4 is 23.2 Å². The molecule has 1 saturated heterocycles. The maximum atomic E-state index is 13.9. The third kappa shape index (κ3) is 3.80. The normalized spacial score (nSPS) is 29.2. The summed E-state index contributed by atoms with van der Waals surface area (Å²) in [4.78, 5) is 15.7. The van der Waals surface area contributed by atoms with Crippen LogP contribution in [0.1, 0.15) is 74.8 Å². The summed E-state index contributed by atoms with van der Waals surface area (Å²) in [5.41, 5.74) is 3.09. The minimum atomic E-state index is -1.01. The predicted molar refractivity (Wildman–Crippen MR) is 158 cm³/mol. The molecule has 4 aliphatic rings. The molecule has 0 aromatic heterocycles. The molecule has 3 aromatic carbocycles. The molecule has 3 aromatic rings. The smallest absolute Gasteiger partial charge is 0.232 e. The van der Waals surface area contributed by atoms with E-state index in [0.29, 0.717) is 22.6 Å². The molecule has 0 bridgehead atoms. The molecule has 3 fully saturated rings. The average molecular weight is 574 g/mol. The highest BCUT2D eigenvalue weighted by molar-refractivity contribution is 6.30. The van der Waals surface area contributed by atoms with E-state index in [9.17, 15) is 9.90 Å². The number of fused-ring (bicyclic) bond motifs is 1. The second kappa shape index (κ2) is 9.22. The third-order valence-electron chi connectivity index (χ3n) is 10.2. The molecule has 7 heteroatoms. The highest BCUT2D eigenvalue weighted by Gasteiger charge is 2.82. The number of aliphatic hydroxyl groups is 1. The van der Waals surface area contributed by atoms with Crippen molar-refractivity contribution in [3.63, 3.8) is 0 Å². The number of anilines is 1. The van der Waals surface area contributed by atoms with Crippen molar-refractivity contribution in [2.24, 2.45) is 5.41 Å². The molecule has 6 nitrogen and oxygen atoms in total. The van der Waals surface area contributed by atoms with Gasteiger partial charge in [-0.3, -0.25) is 4.79 Å². The van der Waals surface area contributed by atoms with Gasteiger partial charge in [-0.15, -0.1) is 0 Å². The fourth-order valence-electron chi connectivity index (χ4n) is 7.99. The first-order valence-electron chi connectivity index (χ1n) is 14.6. The maximum Gasteiger partial charge on any atom is 0.232 e. The number of nitrogens with zero attached hydrogens (tertiary/aromatic N) is 1. The Morgan fingerprint density at radius 3 is 2.37 bits per heavy atom. The standard InChI is InChI=1S/C34H36ClNO5/c1-20(2)40-28-19-26-22(17-27(28)39-4)18-30(37)36(31(26)21-5-9-24(35)10-6-21)25-11-7-23(8-12-25)32(3,38)33-14-13-29-34(33,41-29)16-15-33/h5-12,17,19-20,29,31,38H,13-16,18H2,1-4H3/t29?,31-,32+,33?,34?/m0/s1. The van der Waals surface area contributed by atoms with Gasteiger partial charge in [-0.05, 0) is 105 Å². The van der Waals surface area contributed by atoms with Gasteiger partial charge in [0.15, 0.2) is 11.5 Å². The lowest BCUT2D eigenvalue weighted by atomic mass is 9.51. The number of hydrogen-bond acceptors (Lipinski definition) is 5. The number of ether oxygens (including phenoxy) is 3. The Bertz CT molecular complexity index is 1510. The first-order chi connectivity index (χ1) is 19.6. The fraction of sp³-hybridized carbons (Fsp3) is 0.441. The first kappa shape index (κ1) is 26.8. The van der Waals surface area contributed by atoms with Gasteiger partial charge in [0.1, 0.15) is 5.60 Å². The Hall–Kier alpha value is -3.06. The molecule has 2 heterocycles. The van der Waals surface area contributed by atoms with Gasteiger partial charge in [0.25, 0.3) is 0 Å². The van der Waals surface area contributed by atoms with Crippen molar-refractivity contribution in [2.75, 3.05) is 12.0 Å². The van der Waals surface area contributed by atoms with Crippen molar-refractivity contribution < 1.29 is 24.1 Å². The van der Waals surface area contributed by atoms with Gasteiger partial charge in [0.05, 0.1) is 37.4 Å². The van der Waals surface area contributed by atoms with E-state index in [-0.39, 0.29) is 35.5 Å². The number of amides is 1. The van der Waals surface area contributed by atoms with Crippen LogP contribution >= 0.6 is 11.6 Å². The lowest BCUT2D eigenvalue weighted by molar-refractivity contribution is -0.173. The third-order valence-corrected chi connectivity index (χ3v) is 10.4. The number of carbonyl (C=O) groups is 1. The predicted octanol–water partition coefficient (Wildman–Crippen LogP) is 6.73. The van der Waals surface area contributed by atoms with Crippen LogP contribution in [0.15, 0.2) is 60.7 Å². The molecule has 2 aliphatic heterocycles. The van der Waals surface area contributed by atoms with Crippen LogP contribution < -0.4 is 14.4 Å². The highest BCUT2D eigenvalue weighted by atomic mass is 35.5. The van der Waals surface area contributed by atoms with Crippen LogP contribution in [0.4, 0.5) is 5.69 Å². The zero-order chi connectivity index (χ0) is 28.7. The molecular weight excluding hydrogens is 538 g/mol. The molecule has 41 heavy (non-hydrogen) atoms. The van der Waals surface area contributed by atoms with Crippen LogP contribution in [-0.4, -0.2) is 35.9 Å². The first-order valence-corrected chi connectivity index (χ1v) is 14.9. The van der Waals surface area contributed by atoms with E-state index >= 15 is 0 Å². The van der Waals surface area contributed by atoms with Crippen LogP contribution in [0.25, 0.3) is 0 Å². The van der Waals surface area contributed by atoms with Crippen LogP contribution in [-0.2, 0) is 21.6 Å². The van der Waals surface area contributed by atoms with Crippen molar-refractivity contribution in [1.82, 2.24) is 0 Å². The van der Waals surface area contributed by atoms with Crippen LogP contribution in [0, 0.1) is 5.41 Å². The van der Waals surface area contributed by atoms with E-state index in [1.54, 1.807) is 7.11 Å². The molecule has 5 atom stereocenters. The minimum absolute atomic E-state index is 0.0157. The molecule has 214 valence electrons. The summed E-state index contributed by atoms with van der Waals surface area (Å²) >= 11 is 6.26. The second-order valence-corrected chi connectivity index (χ2v) is 12.9. The molecule has 1 N–H and O–H groups in total. The number of benzene rings is 3. The molecule has 1 spiro atoms. The van der Waals surface area contributed by atoms with E-state index in [4.69, 9.17) is 25.8 Å². The largest absolute Gasteiger partial charge is 0.493 e. The Kier molecular flexibility index (Phi) is 6.03. The van der Waals surface area contributed by atoms with Crippen LogP contribution in [0.2, 0.25) is 5.02 Å². The minimum Gasteiger partial charge on any atom is -0.493 e. The second-order valence-electron chi connectivity index (χ2n) is 12.5. The topological polar surface area (TPSA) is 71.5 Å². The SMILES string of the molecule is COc1cc2c(cc1OC(C)C)[C@H](c1ccc(Cl)cc1)N(c1ccc([C@@](C)(O)C34CCC5OC53CC4)cc1)C(=O)C2. The molecule has 0 radical (unpaired) electrons. The quantitative estimate of drug-likeness (QED) is 0.317. The molecule has 2 aliphatic carbocycles. The van der Waals surface area contributed by atoms with Crippen molar-refractivity contribution in [3.05, 3.63) is 87.9 Å². The summed E-state index contributed by atoms with van der Waals surface area (Å²) in [5, 5.41) is 12.6. The molecule has 1 amide bonds. The number of epoxide rings is 1. The average Bonchev–Trinajstić information content (AvgIpc) is 3.65. The van der Waals surface area contributed by atoms with E-state index in [1.165, 1.54) is 0 Å².